The number of rotatable bonds is 1. The Balaban J connectivity index is 2.75. The van der Waals surface area contributed by atoms with Crippen molar-refractivity contribution in [2.45, 2.75) is 24.7 Å². The van der Waals surface area contributed by atoms with Crippen LogP contribution >= 0.6 is 0 Å². The molecular formula is C7H10O4. The number of hydrogen-bond donors (Lipinski definition) is 3. The molecule has 1 rings (SSSR count). The summed E-state index contributed by atoms with van der Waals surface area (Å²) in [6.07, 6.45) is -1.39. The van der Waals surface area contributed by atoms with E-state index in [0.717, 1.165) is 0 Å². The molecule has 4 nitrogen and oxygen atoms in total. The normalized spacial score (nSPS) is 38.1. The molecule has 0 bridgehead atoms. The molecule has 4 heteroatoms. The third-order valence-corrected chi connectivity index (χ3v) is 1.73. The molecule has 0 heterocycles. The van der Waals surface area contributed by atoms with Gasteiger partial charge in [0.2, 0.25) is 0 Å². The van der Waals surface area contributed by atoms with Crippen LogP contribution in [0.15, 0.2) is 11.6 Å². The molecule has 0 amide bonds. The van der Waals surface area contributed by atoms with E-state index in [4.69, 9.17) is 15.3 Å². The first kappa shape index (κ1) is 8.39. The molecule has 0 aliphatic heterocycles. The van der Waals surface area contributed by atoms with Gasteiger partial charge in [0.25, 0.3) is 0 Å². The minimum atomic E-state index is -1.17. The number of carbonyl (C=O) groups is 1. The van der Waals surface area contributed by atoms with Crippen molar-refractivity contribution >= 4 is 6.29 Å². The maximum atomic E-state index is 10.2. The van der Waals surface area contributed by atoms with Crippen molar-refractivity contribution in [3.63, 3.8) is 0 Å². The molecule has 3 N–H and O–H groups in total. The lowest BCUT2D eigenvalue weighted by molar-refractivity contribution is -0.106. The zero-order chi connectivity index (χ0) is 8.43. The van der Waals surface area contributed by atoms with Crippen molar-refractivity contribution in [3.05, 3.63) is 11.6 Å². The molecule has 1 aliphatic carbocycles. The average molecular weight is 158 g/mol. The van der Waals surface area contributed by atoms with Crippen molar-refractivity contribution in [1.29, 1.82) is 0 Å². The standard InChI is InChI=1S/C7H10O4/c8-3-4-1-5(9)7(11)6(10)2-4/h1,3,5-7,9-11H,2H2/t5-,6-,7-/m1/s1. The number of aliphatic hydroxyl groups excluding tert-OH is 3. The second-order valence-electron chi connectivity index (χ2n) is 2.61. The third-order valence-electron chi connectivity index (χ3n) is 1.73. The van der Waals surface area contributed by atoms with Gasteiger partial charge in [-0.05, 0) is 11.6 Å². The molecular weight excluding hydrogens is 148 g/mol. The van der Waals surface area contributed by atoms with Gasteiger partial charge < -0.3 is 15.3 Å². The van der Waals surface area contributed by atoms with E-state index in [2.05, 4.69) is 0 Å². The Morgan fingerprint density at radius 1 is 1.45 bits per heavy atom. The molecule has 0 aromatic rings. The minimum absolute atomic E-state index is 0.113. The van der Waals surface area contributed by atoms with Crippen molar-refractivity contribution in [1.82, 2.24) is 0 Å². The number of hydrogen-bond acceptors (Lipinski definition) is 4. The predicted octanol–water partition coefficient (Wildman–Crippen LogP) is -1.40. The van der Waals surface area contributed by atoms with E-state index in [9.17, 15) is 4.79 Å². The largest absolute Gasteiger partial charge is 0.390 e. The quantitative estimate of drug-likeness (QED) is 0.410. The lowest BCUT2D eigenvalue weighted by Gasteiger charge is -2.25. The Labute approximate surface area is 63.8 Å². The Morgan fingerprint density at radius 3 is 2.55 bits per heavy atom. The number of carbonyl (C=O) groups excluding carboxylic acids is 1. The Morgan fingerprint density at radius 2 is 2.09 bits per heavy atom. The second-order valence-corrected chi connectivity index (χ2v) is 2.61. The molecule has 11 heavy (non-hydrogen) atoms. The third kappa shape index (κ3) is 1.65. The smallest absolute Gasteiger partial charge is 0.145 e. The number of aliphatic hydroxyl groups is 3. The molecule has 0 saturated carbocycles. The fraction of sp³-hybridized carbons (Fsp3) is 0.571. The Kier molecular flexibility index (Phi) is 2.38. The van der Waals surface area contributed by atoms with Crippen molar-refractivity contribution in [2.75, 3.05) is 0 Å². The highest BCUT2D eigenvalue weighted by atomic mass is 16.4. The summed E-state index contributed by atoms with van der Waals surface area (Å²) in [5.74, 6) is 0. The van der Waals surface area contributed by atoms with E-state index in [1.54, 1.807) is 0 Å². The van der Waals surface area contributed by atoms with Crippen LogP contribution in [-0.4, -0.2) is 39.9 Å². The lowest BCUT2D eigenvalue weighted by Crippen LogP contribution is -2.39. The van der Waals surface area contributed by atoms with Crippen LogP contribution in [0.1, 0.15) is 6.42 Å². The van der Waals surface area contributed by atoms with Crippen LogP contribution < -0.4 is 0 Å². The zero-order valence-corrected chi connectivity index (χ0v) is 5.84. The Bertz CT molecular complexity index is 187. The molecule has 0 saturated heterocycles. The van der Waals surface area contributed by atoms with Gasteiger partial charge in [0.05, 0.1) is 6.10 Å². The summed E-state index contributed by atoms with van der Waals surface area (Å²) in [4.78, 5) is 10.2. The average Bonchev–Trinajstić information content (AvgIpc) is 1.99. The van der Waals surface area contributed by atoms with Crippen molar-refractivity contribution in [2.24, 2.45) is 0 Å². The van der Waals surface area contributed by atoms with Gasteiger partial charge in [-0.1, -0.05) is 0 Å². The van der Waals surface area contributed by atoms with E-state index in [1.165, 1.54) is 6.08 Å². The molecule has 0 spiro atoms. The van der Waals surface area contributed by atoms with Crippen molar-refractivity contribution < 1.29 is 20.1 Å². The van der Waals surface area contributed by atoms with Crippen LogP contribution in [0.25, 0.3) is 0 Å². The van der Waals surface area contributed by atoms with Crippen LogP contribution in [0.3, 0.4) is 0 Å². The molecule has 3 atom stereocenters. The number of aldehydes is 1. The predicted molar refractivity (Wildman–Crippen MR) is 36.8 cm³/mol. The van der Waals surface area contributed by atoms with E-state index in [0.29, 0.717) is 11.9 Å². The monoisotopic (exact) mass is 158 g/mol. The molecule has 0 radical (unpaired) electrons. The molecule has 0 aromatic heterocycles. The van der Waals surface area contributed by atoms with Crippen LogP contribution in [0, 0.1) is 0 Å². The van der Waals surface area contributed by atoms with E-state index in [-0.39, 0.29) is 6.42 Å². The van der Waals surface area contributed by atoms with Gasteiger partial charge in [-0.2, -0.15) is 0 Å². The van der Waals surface area contributed by atoms with Crippen LogP contribution in [0.4, 0.5) is 0 Å². The summed E-state index contributed by atoms with van der Waals surface area (Å²) in [6, 6.07) is 0. The first-order chi connectivity index (χ1) is 5.15. The zero-order valence-electron chi connectivity index (χ0n) is 5.84. The summed E-state index contributed by atoms with van der Waals surface area (Å²) in [7, 11) is 0. The SMILES string of the molecule is O=CC1=C[C@@H](O)[C@@H](O)[C@H](O)C1. The fourth-order valence-electron chi connectivity index (χ4n) is 1.06. The van der Waals surface area contributed by atoms with Crippen LogP contribution in [-0.2, 0) is 4.79 Å². The second kappa shape index (κ2) is 3.13. The highest BCUT2D eigenvalue weighted by molar-refractivity contribution is 5.73. The summed E-state index contributed by atoms with van der Waals surface area (Å²) < 4.78 is 0. The van der Waals surface area contributed by atoms with Gasteiger partial charge in [-0.3, -0.25) is 4.79 Å². The van der Waals surface area contributed by atoms with Gasteiger partial charge in [0, 0.05) is 6.42 Å². The van der Waals surface area contributed by atoms with Gasteiger partial charge in [0.15, 0.2) is 0 Å². The Hall–Kier alpha value is -0.710. The van der Waals surface area contributed by atoms with E-state index < -0.39 is 18.3 Å². The molecule has 0 unspecified atom stereocenters. The van der Waals surface area contributed by atoms with E-state index >= 15 is 0 Å². The summed E-state index contributed by atoms with van der Waals surface area (Å²) in [6.45, 7) is 0. The van der Waals surface area contributed by atoms with Gasteiger partial charge >= 0.3 is 0 Å². The van der Waals surface area contributed by atoms with Gasteiger partial charge in [0.1, 0.15) is 18.5 Å². The molecule has 1 aliphatic rings. The molecule has 62 valence electrons. The summed E-state index contributed by atoms with van der Waals surface area (Å²) in [5.41, 5.74) is 0.329. The van der Waals surface area contributed by atoms with Gasteiger partial charge in [-0.25, -0.2) is 0 Å². The van der Waals surface area contributed by atoms with Crippen LogP contribution in [0.2, 0.25) is 0 Å². The summed E-state index contributed by atoms with van der Waals surface area (Å²) in [5, 5.41) is 27.0. The van der Waals surface area contributed by atoms with Gasteiger partial charge in [-0.15, -0.1) is 0 Å². The molecule has 0 fully saturated rings. The van der Waals surface area contributed by atoms with Crippen LogP contribution in [0.5, 0.6) is 0 Å². The fourth-order valence-corrected chi connectivity index (χ4v) is 1.06. The maximum absolute atomic E-state index is 10.2. The molecule has 0 aromatic carbocycles. The minimum Gasteiger partial charge on any atom is -0.390 e. The first-order valence-corrected chi connectivity index (χ1v) is 3.35. The summed E-state index contributed by atoms with van der Waals surface area (Å²) >= 11 is 0. The topological polar surface area (TPSA) is 77.8 Å². The highest BCUT2D eigenvalue weighted by Gasteiger charge is 2.28. The van der Waals surface area contributed by atoms with Crippen molar-refractivity contribution in [3.8, 4) is 0 Å². The highest BCUT2D eigenvalue weighted by Crippen LogP contribution is 2.17. The van der Waals surface area contributed by atoms with E-state index in [1.807, 2.05) is 0 Å². The lowest BCUT2D eigenvalue weighted by atomic mass is 9.93. The maximum Gasteiger partial charge on any atom is 0.145 e. The first-order valence-electron chi connectivity index (χ1n) is 3.35.